The Morgan fingerprint density at radius 3 is 2.88 bits per heavy atom. The van der Waals surface area contributed by atoms with Crippen molar-refractivity contribution < 1.29 is 0 Å². The molecule has 0 saturated heterocycles. The van der Waals surface area contributed by atoms with Crippen LogP contribution in [0, 0.1) is 6.92 Å². The van der Waals surface area contributed by atoms with E-state index >= 15 is 0 Å². The number of hydrogen-bond acceptors (Lipinski definition) is 3. The molecule has 4 heteroatoms. The fraction of sp³-hybridized carbons (Fsp3) is 0.154. The third kappa shape index (κ3) is 2.88. The van der Waals surface area contributed by atoms with Gasteiger partial charge in [-0.3, -0.25) is 4.98 Å². The van der Waals surface area contributed by atoms with Crippen LogP contribution in [0.5, 0.6) is 0 Å². The van der Waals surface area contributed by atoms with E-state index in [4.69, 9.17) is 17.3 Å². The van der Waals surface area contributed by atoms with Gasteiger partial charge in [-0.1, -0.05) is 17.7 Å². The summed E-state index contributed by atoms with van der Waals surface area (Å²) in [5, 5.41) is 3.89. The molecule has 0 atom stereocenters. The molecule has 0 saturated carbocycles. The van der Waals surface area contributed by atoms with Gasteiger partial charge in [0.25, 0.3) is 0 Å². The molecular formula is C13H14ClN3. The summed E-state index contributed by atoms with van der Waals surface area (Å²) in [6, 6.07) is 9.38. The van der Waals surface area contributed by atoms with Crippen LogP contribution < -0.4 is 11.1 Å². The van der Waals surface area contributed by atoms with Gasteiger partial charge in [-0.25, -0.2) is 0 Å². The van der Waals surface area contributed by atoms with Crippen molar-refractivity contribution in [3.05, 3.63) is 52.8 Å². The Balaban J connectivity index is 2.10. The molecule has 0 aliphatic carbocycles. The topological polar surface area (TPSA) is 50.9 Å². The van der Waals surface area contributed by atoms with Crippen LogP contribution in [0.15, 0.2) is 36.5 Å². The predicted octanol–water partition coefficient (Wildman–Crippen LogP) is 3.24. The normalized spacial score (nSPS) is 10.2. The van der Waals surface area contributed by atoms with Crippen molar-refractivity contribution in [3.63, 3.8) is 0 Å². The molecule has 0 aliphatic heterocycles. The smallest absolute Gasteiger partial charge is 0.0623 e. The van der Waals surface area contributed by atoms with Crippen molar-refractivity contribution in [2.75, 3.05) is 11.1 Å². The molecule has 0 fully saturated rings. The van der Waals surface area contributed by atoms with Crippen LogP contribution >= 0.6 is 11.6 Å². The number of anilines is 2. The third-order valence-corrected chi connectivity index (χ3v) is 2.81. The van der Waals surface area contributed by atoms with Gasteiger partial charge >= 0.3 is 0 Å². The second kappa shape index (κ2) is 5.06. The van der Waals surface area contributed by atoms with E-state index in [9.17, 15) is 0 Å². The molecule has 0 aliphatic rings. The molecule has 3 nitrogen and oxygen atoms in total. The molecule has 17 heavy (non-hydrogen) atoms. The zero-order chi connectivity index (χ0) is 12.3. The van der Waals surface area contributed by atoms with Gasteiger partial charge in [0.15, 0.2) is 0 Å². The van der Waals surface area contributed by atoms with E-state index in [1.54, 1.807) is 12.3 Å². The second-order valence-corrected chi connectivity index (χ2v) is 4.29. The van der Waals surface area contributed by atoms with Gasteiger partial charge in [0, 0.05) is 11.2 Å². The van der Waals surface area contributed by atoms with Crippen molar-refractivity contribution in [1.29, 1.82) is 0 Å². The Hall–Kier alpha value is -1.74. The molecule has 1 aromatic heterocycles. The molecular weight excluding hydrogens is 234 g/mol. The minimum absolute atomic E-state index is 0.641. The summed E-state index contributed by atoms with van der Waals surface area (Å²) in [5.41, 5.74) is 9.55. The molecule has 0 bridgehead atoms. The van der Waals surface area contributed by atoms with Crippen LogP contribution in [0.25, 0.3) is 0 Å². The van der Waals surface area contributed by atoms with Crippen LogP contribution in [0.4, 0.5) is 11.4 Å². The average Bonchev–Trinajstić information content (AvgIpc) is 2.30. The highest BCUT2D eigenvalue weighted by Gasteiger charge is 2.02. The monoisotopic (exact) mass is 247 g/mol. The molecule has 88 valence electrons. The Morgan fingerprint density at radius 2 is 2.18 bits per heavy atom. The van der Waals surface area contributed by atoms with E-state index < -0.39 is 0 Å². The minimum atomic E-state index is 0.641. The predicted molar refractivity (Wildman–Crippen MR) is 72.2 cm³/mol. The summed E-state index contributed by atoms with van der Waals surface area (Å²) in [7, 11) is 0. The van der Waals surface area contributed by atoms with Gasteiger partial charge < -0.3 is 11.1 Å². The molecule has 2 rings (SSSR count). The van der Waals surface area contributed by atoms with Gasteiger partial charge in [0.2, 0.25) is 0 Å². The lowest BCUT2D eigenvalue weighted by molar-refractivity contribution is 1.02. The highest BCUT2D eigenvalue weighted by molar-refractivity contribution is 6.31. The summed E-state index contributed by atoms with van der Waals surface area (Å²) >= 11 is 5.84. The van der Waals surface area contributed by atoms with Gasteiger partial charge in [0.05, 0.1) is 23.6 Å². The van der Waals surface area contributed by atoms with E-state index in [1.807, 2.05) is 31.2 Å². The number of pyridine rings is 1. The van der Waals surface area contributed by atoms with Crippen LogP contribution in [-0.2, 0) is 6.54 Å². The largest absolute Gasteiger partial charge is 0.397 e. The van der Waals surface area contributed by atoms with Crippen LogP contribution in [0.3, 0.4) is 0 Å². The van der Waals surface area contributed by atoms with Crippen molar-refractivity contribution >= 4 is 23.0 Å². The van der Waals surface area contributed by atoms with Gasteiger partial charge in [-0.05, 0) is 36.8 Å². The summed E-state index contributed by atoms with van der Waals surface area (Å²) < 4.78 is 0. The highest BCUT2D eigenvalue weighted by Crippen LogP contribution is 2.23. The Labute approximate surface area is 106 Å². The average molecular weight is 248 g/mol. The molecule has 3 N–H and O–H groups in total. The fourth-order valence-electron chi connectivity index (χ4n) is 1.58. The Morgan fingerprint density at radius 1 is 1.35 bits per heavy atom. The highest BCUT2D eigenvalue weighted by atomic mass is 35.5. The van der Waals surface area contributed by atoms with E-state index in [1.165, 1.54) is 0 Å². The molecule has 0 unspecified atom stereocenters. The van der Waals surface area contributed by atoms with E-state index in [0.29, 0.717) is 17.3 Å². The number of hydrogen-bond donors (Lipinski definition) is 2. The molecule has 0 radical (unpaired) electrons. The lowest BCUT2D eigenvalue weighted by Gasteiger charge is -2.10. The van der Waals surface area contributed by atoms with Gasteiger partial charge in [-0.15, -0.1) is 0 Å². The molecule has 1 heterocycles. The Kier molecular flexibility index (Phi) is 3.49. The minimum Gasteiger partial charge on any atom is -0.397 e. The maximum absolute atomic E-state index is 5.86. The lowest BCUT2D eigenvalue weighted by Crippen LogP contribution is -2.05. The molecule has 0 spiro atoms. The zero-order valence-corrected chi connectivity index (χ0v) is 10.3. The maximum atomic E-state index is 5.86. The van der Waals surface area contributed by atoms with E-state index in [0.717, 1.165) is 16.9 Å². The quantitative estimate of drug-likeness (QED) is 0.819. The number of nitrogen functional groups attached to an aromatic ring is 1. The zero-order valence-electron chi connectivity index (χ0n) is 9.57. The summed E-state index contributed by atoms with van der Waals surface area (Å²) in [6.45, 7) is 2.69. The number of nitrogens with zero attached hydrogens (tertiary/aromatic N) is 1. The number of nitrogens with two attached hydrogens (primary N) is 1. The summed E-state index contributed by atoms with van der Waals surface area (Å²) in [4.78, 5) is 4.31. The Bertz CT molecular complexity index is 526. The maximum Gasteiger partial charge on any atom is 0.0623 e. The van der Waals surface area contributed by atoms with Gasteiger partial charge in [-0.2, -0.15) is 0 Å². The van der Waals surface area contributed by atoms with E-state index in [-0.39, 0.29) is 0 Å². The van der Waals surface area contributed by atoms with Crippen LogP contribution in [-0.4, -0.2) is 4.98 Å². The number of aryl methyl sites for hydroxylation is 1. The summed E-state index contributed by atoms with van der Waals surface area (Å²) in [5.74, 6) is 0. The van der Waals surface area contributed by atoms with Crippen LogP contribution in [0.1, 0.15) is 11.3 Å². The van der Waals surface area contributed by atoms with Gasteiger partial charge in [0.1, 0.15) is 0 Å². The third-order valence-electron chi connectivity index (χ3n) is 2.58. The van der Waals surface area contributed by atoms with Crippen molar-refractivity contribution in [1.82, 2.24) is 4.98 Å². The first kappa shape index (κ1) is 11.7. The standard InChI is InChI=1S/C13H14ClN3/c1-9-3-2-6-16-13(9)8-17-12-5-4-10(14)7-11(12)15/h2-7,17H,8,15H2,1H3. The lowest BCUT2D eigenvalue weighted by atomic mass is 10.2. The molecule has 0 amide bonds. The molecule has 1 aromatic carbocycles. The van der Waals surface area contributed by atoms with E-state index in [2.05, 4.69) is 10.3 Å². The van der Waals surface area contributed by atoms with Crippen molar-refractivity contribution in [2.45, 2.75) is 13.5 Å². The number of benzene rings is 1. The molecule has 2 aromatic rings. The summed E-state index contributed by atoms with van der Waals surface area (Å²) in [6.07, 6.45) is 1.79. The van der Waals surface area contributed by atoms with Crippen molar-refractivity contribution in [2.24, 2.45) is 0 Å². The second-order valence-electron chi connectivity index (χ2n) is 3.85. The fourth-order valence-corrected chi connectivity index (χ4v) is 1.76. The number of rotatable bonds is 3. The number of halogens is 1. The first-order valence-electron chi connectivity index (χ1n) is 5.36. The number of aromatic nitrogens is 1. The van der Waals surface area contributed by atoms with Crippen molar-refractivity contribution in [3.8, 4) is 0 Å². The van der Waals surface area contributed by atoms with Crippen LogP contribution in [0.2, 0.25) is 5.02 Å². The first-order chi connectivity index (χ1) is 8.16. The SMILES string of the molecule is Cc1cccnc1CNc1ccc(Cl)cc1N. The number of nitrogens with one attached hydrogen (secondary N) is 1. The first-order valence-corrected chi connectivity index (χ1v) is 5.74.